The van der Waals surface area contributed by atoms with Crippen molar-refractivity contribution in [1.29, 1.82) is 0 Å². The molecule has 0 spiro atoms. The minimum atomic E-state index is 0. The Balaban J connectivity index is 0. The van der Waals surface area contributed by atoms with Gasteiger partial charge in [0.05, 0.1) is 0 Å². The Hall–Kier alpha value is 1.42. The average molecular weight is 294 g/mol. The standard InChI is InChI=1S/Hf.4H2O.Ti/h;4*1H2;/q+4;;;;;/p-4. The molecule has 0 bridgehead atoms. The average Bonchev–Trinajstić information content (AvgIpc) is 0. The van der Waals surface area contributed by atoms with Crippen LogP contribution in [-0.4, -0.2) is 21.9 Å². The molecular formula is H4HfO4Ti. The molecule has 0 unspecified atom stereocenters. The summed E-state index contributed by atoms with van der Waals surface area (Å²) in [5.74, 6) is 0. The molecule has 0 rings (SSSR count). The van der Waals surface area contributed by atoms with Gasteiger partial charge in [0.25, 0.3) is 0 Å². The first kappa shape index (κ1) is 151. The van der Waals surface area contributed by atoms with Crippen molar-refractivity contribution in [2.45, 2.75) is 0 Å². The summed E-state index contributed by atoms with van der Waals surface area (Å²) in [5, 5.41) is 0. The monoisotopic (exact) mass is 296 g/mol. The van der Waals surface area contributed by atoms with Crippen molar-refractivity contribution in [2.24, 2.45) is 0 Å². The van der Waals surface area contributed by atoms with Crippen molar-refractivity contribution in [3.8, 4) is 0 Å². The van der Waals surface area contributed by atoms with Gasteiger partial charge >= 0.3 is 25.8 Å². The van der Waals surface area contributed by atoms with Crippen molar-refractivity contribution in [3.05, 3.63) is 0 Å². The van der Waals surface area contributed by atoms with Crippen molar-refractivity contribution in [2.75, 3.05) is 0 Å². The normalized spacial score (nSPS) is 0. The van der Waals surface area contributed by atoms with Crippen LogP contribution in [0.2, 0.25) is 0 Å². The topological polar surface area (TPSA) is 120 Å². The maximum atomic E-state index is 0. The van der Waals surface area contributed by atoms with E-state index in [1.807, 2.05) is 0 Å². The van der Waals surface area contributed by atoms with E-state index in [-0.39, 0.29) is 69.5 Å². The Morgan fingerprint density at radius 1 is 0.500 bits per heavy atom. The Labute approximate surface area is 69.2 Å². The van der Waals surface area contributed by atoms with Crippen LogP contribution in [0.4, 0.5) is 0 Å². The Morgan fingerprint density at radius 2 is 0.500 bits per heavy atom. The van der Waals surface area contributed by atoms with Crippen LogP contribution in [0.25, 0.3) is 0 Å². The summed E-state index contributed by atoms with van der Waals surface area (Å²) in [5.41, 5.74) is 0. The molecule has 0 amide bonds. The second-order valence-corrected chi connectivity index (χ2v) is 0. The molecule has 4 nitrogen and oxygen atoms in total. The third-order valence-corrected chi connectivity index (χ3v) is 0. The summed E-state index contributed by atoms with van der Waals surface area (Å²) in [4.78, 5) is 0. The third-order valence-electron chi connectivity index (χ3n) is 0. The van der Waals surface area contributed by atoms with Gasteiger partial charge < -0.3 is 21.9 Å². The van der Waals surface area contributed by atoms with Crippen molar-refractivity contribution >= 4 is 0 Å². The van der Waals surface area contributed by atoms with E-state index in [2.05, 4.69) is 0 Å². The van der Waals surface area contributed by atoms with Crippen LogP contribution in [-0.2, 0) is 47.6 Å². The number of hydrogen-bond donors (Lipinski definition) is 0. The number of rotatable bonds is 0. The maximum Gasteiger partial charge on any atom is 4.00 e. The van der Waals surface area contributed by atoms with Gasteiger partial charge in [0, 0.05) is 21.7 Å². The molecule has 0 aliphatic rings. The zero-order valence-corrected chi connectivity index (χ0v) is 7.94. The largest absolute Gasteiger partial charge is 4.00 e. The first-order valence-corrected chi connectivity index (χ1v) is 0. The van der Waals surface area contributed by atoms with Gasteiger partial charge in [0.2, 0.25) is 0 Å². The van der Waals surface area contributed by atoms with Gasteiger partial charge in [-0.15, -0.1) is 0 Å². The van der Waals surface area contributed by atoms with E-state index >= 15 is 0 Å². The Kier molecular flexibility index (Phi) is 2350. The smallest absolute Gasteiger partial charge is 0.870 e. The van der Waals surface area contributed by atoms with Crippen molar-refractivity contribution in [1.82, 2.24) is 0 Å². The zero-order chi connectivity index (χ0) is 0. The molecule has 0 aromatic rings. The molecule has 6 heavy (non-hydrogen) atoms. The molecule has 0 aliphatic heterocycles. The Bertz CT molecular complexity index is 7.51. The summed E-state index contributed by atoms with van der Waals surface area (Å²) in [6.45, 7) is 0. The molecule has 0 heterocycles. The fourth-order valence-electron chi connectivity index (χ4n) is 0. The van der Waals surface area contributed by atoms with E-state index in [9.17, 15) is 0 Å². The molecule has 0 fully saturated rings. The van der Waals surface area contributed by atoms with Gasteiger partial charge in [-0.05, 0) is 0 Å². The van der Waals surface area contributed by atoms with Crippen LogP contribution in [0.3, 0.4) is 0 Å². The van der Waals surface area contributed by atoms with E-state index in [1.54, 1.807) is 0 Å². The van der Waals surface area contributed by atoms with E-state index in [0.29, 0.717) is 0 Å². The summed E-state index contributed by atoms with van der Waals surface area (Å²) in [6, 6.07) is 0. The summed E-state index contributed by atoms with van der Waals surface area (Å²) >= 11 is 0. The van der Waals surface area contributed by atoms with Gasteiger partial charge in [0.1, 0.15) is 0 Å². The van der Waals surface area contributed by atoms with E-state index in [1.165, 1.54) is 0 Å². The van der Waals surface area contributed by atoms with Crippen molar-refractivity contribution in [3.63, 3.8) is 0 Å². The first-order valence-electron chi connectivity index (χ1n) is 0. The fourth-order valence-corrected chi connectivity index (χ4v) is 0. The van der Waals surface area contributed by atoms with Gasteiger partial charge in [-0.3, -0.25) is 0 Å². The fraction of sp³-hybridized carbons (Fsp3) is 0. The van der Waals surface area contributed by atoms with Crippen LogP contribution in [0.15, 0.2) is 0 Å². The second-order valence-electron chi connectivity index (χ2n) is 0. The van der Waals surface area contributed by atoms with Crippen molar-refractivity contribution < 1.29 is 69.5 Å². The van der Waals surface area contributed by atoms with E-state index in [4.69, 9.17) is 0 Å². The van der Waals surface area contributed by atoms with Crippen LogP contribution in [0.1, 0.15) is 0 Å². The molecular weight excluding hydrogens is 290 g/mol. The number of hydrogen-bond acceptors (Lipinski definition) is 4. The summed E-state index contributed by atoms with van der Waals surface area (Å²) in [7, 11) is 0. The van der Waals surface area contributed by atoms with Crippen LogP contribution >= 0.6 is 0 Å². The van der Waals surface area contributed by atoms with Gasteiger partial charge in [0.15, 0.2) is 0 Å². The van der Waals surface area contributed by atoms with Gasteiger partial charge in [-0.25, -0.2) is 0 Å². The van der Waals surface area contributed by atoms with Gasteiger partial charge in [-0.2, -0.15) is 0 Å². The zero-order valence-electron chi connectivity index (χ0n) is 2.79. The third kappa shape index (κ3) is 52.3. The van der Waals surface area contributed by atoms with Crippen LogP contribution in [0.5, 0.6) is 0 Å². The van der Waals surface area contributed by atoms with E-state index in [0.717, 1.165) is 0 Å². The SMILES string of the molecule is [Hf+4].[OH-].[OH-].[OH-].[OH-].[Ti]. The minimum Gasteiger partial charge on any atom is -0.870 e. The predicted molar refractivity (Wildman–Crippen MR) is 7.74 cm³/mol. The molecule has 36 valence electrons. The summed E-state index contributed by atoms with van der Waals surface area (Å²) in [6.07, 6.45) is 0. The molecule has 0 aliphatic carbocycles. The minimum absolute atomic E-state index is 0. The molecule has 4 N–H and O–H groups in total. The molecule has 0 aromatic heterocycles. The summed E-state index contributed by atoms with van der Waals surface area (Å²) < 4.78 is 0. The molecule has 0 atom stereocenters. The van der Waals surface area contributed by atoms with Crippen LogP contribution in [0, 0.1) is 0 Å². The molecule has 0 saturated carbocycles. The molecule has 0 radical (unpaired) electrons. The maximum absolute atomic E-state index is 0. The first-order chi connectivity index (χ1) is 0. The van der Waals surface area contributed by atoms with Crippen LogP contribution < -0.4 is 0 Å². The molecule has 6 heteroatoms. The second kappa shape index (κ2) is 93.2. The van der Waals surface area contributed by atoms with Gasteiger partial charge in [-0.1, -0.05) is 0 Å². The molecule has 0 saturated heterocycles. The predicted octanol–water partition coefficient (Wildman–Crippen LogP) is -0.712. The van der Waals surface area contributed by atoms with E-state index < -0.39 is 0 Å². The Morgan fingerprint density at radius 3 is 0.500 bits per heavy atom. The molecule has 0 aromatic carbocycles. The quantitative estimate of drug-likeness (QED) is 0.548.